The summed E-state index contributed by atoms with van der Waals surface area (Å²) in [7, 11) is 0. The smallest absolute Gasteiger partial charge is 0.306 e. The Bertz CT molecular complexity index is 515. The molecule has 2 N–H and O–H groups in total. The summed E-state index contributed by atoms with van der Waals surface area (Å²) in [5, 5.41) is 11.5. The normalized spacial score (nSPS) is 17.3. The lowest BCUT2D eigenvalue weighted by atomic mass is 9.87. The number of carbonyl (C=O) groups is 2. The molecule has 0 bridgehead atoms. The van der Waals surface area contributed by atoms with Crippen LogP contribution in [0.15, 0.2) is 24.3 Å². The summed E-state index contributed by atoms with van der Waals surface area (Å²) in [6.45, 7) is 3.07. The van der Waals surface area contributed by atoms with E-state index in [0.717, 1.165) is 0 Å². The number of carbonyl (C=O) groups excluding carboxylic acids is 1. The van der Waals surface area contributed by atoms with Crippen LogP contribution in [0.5, 0.6) is 0 Å². The summed E-state index contributed by atoms with van der Waals surface area (Å²) in [5.74, 6) is -1.73. The SMILES string of the molecule is CC(C(=O)O)C1CN(CC(=O)Nc2cccc(F)c2)C1. The van der Waals surface area contributed by atoms with Gasteiger partial charge in [0, 0.05) is 18.8 Å². The Balaban J connectivity index is 1.76. The summed E-state index contributed by atoms with van der Waals surface area (Å²) in [5.41, 5.74) is 0.422. The highest BCUT2D eigenvalue weighted by Crippen LogP contribution is 2.23. The number of nitrogens with zero attached hydrogens (tertiary/aromatic N) is 1. The molecular weight excluding hydrogens is 263 g/mol. The standard InChI is InChI=1S/C14H17FN2O3/c1-9(14(19)20)10-6-17(7-10)8-13(18)16-12-4-2-3-11(15)5-12/h2-5,9-10H,6-8H2,1H3,(H,16,18)(H,19,20). The zero-order valence-corrected chi connectivity index (χ0v) is 11.2. The van der Waals surface area contributed by atoms with E-state index >= 15 is 0 Å². The van der Waals surface area contributed by atoms with Crippen molar-refractivity contribution in [2.24, 2.45) is 11.8 Å². The highest BCUT2D eigenvalue weighted by atomic mass is 19.1. The molecule has 1 fully saturated rings. The molecule has 6 heteroatoms. The fourth-order valence-corrected chi connectivity index (χ4v) is 2.23. The van der Waals surface area contributed by atoms with Gasteiger partial charge in [0.05, 0.1) is 12.5 Å². The van der Waals surface area contributed by atoms with Crippen molar-refractivity contribution in [3.8, 4) is 0 Å². The molecule has 0 aliphatic carbocycles. The van der Waals surface area contributed by atoms with Crippen molar-refractivity contribution in [1.29, 1.82) is 0 Å². The van der Waals surface area contributed by atoms with E-state index in [9.17, 15) is 14.0 Å². The van der Waals surface area contributed by atoms with Gasteiger partial charge < -0.3 is 10.4 Å². The van der Waals surface area contributed by atoms with Crippen LogP contribution in [-0.2, 0) is 9.59 Å². The highest BCUT2D eigenvalue weighted by molar-refractivity contribution is 5.92. The first-order valence-corrected chi connectivity index (χ1v) is 6.46. The average Bonchev–Trinajstić information content (AvgIpc) is 2.32. The van der Waals surface area contributed by atoms with E-state index in [0.29, 0.717) is 18.8 Å². The van der Waals surface area contributed by atoms with Gasteiger partial charge in [0.2, 0.25) is 5.91 Å². The molecule has 2 rings (SSSR count). The fraction of sp³-hybridized carbons (Fsp3) is 0.429. The van der Waals surface area contributed by atoms with Crippen LogP contribution in [0.1, 0.15) is 6.92 Å². The largest absolute Gasteiger partial charge is 0.481 e. The molecule has 20 heavy (non-hydrogen) atoms. The number of amides is 1. The van der Waals surface area contributed by atoms with Gasteiger partial charge in [-0.15, -0.1) is 0 Å². The molecule has 1 atom stereocenters. The van der Waals surface area contributed by atoms with Crippen molar-refractivity contribution >= 4 is 17.6 Å². The molecule has 0 radical (unpaired) electrons. The molecule has 0 spiro atoms. The number of likely N-dealkylation sites (tertiary alicyclic amines) is 1. The summed E-state index contributed by atoms with van der Waals surface area (Å²) < 4.78 is 13.0. The Morgan fingerprint density at radius 1 is 1.50 bits per heavy atom. The van der Waals surface area contributed by atoms with Crippen LogP contribution in [0.4, 0.5) is 10.1 Å². The number of benzene rings is 1. The monoisotopic (exact) mass is 280 g/mol. The van der Waals surface area contributed by atoms with E-state index in [1.807, 2.05) is 4.90 Å². The molecule has 0 saturated carbocycles. The van der Waals surface area contributed by atoms with Gasteiger partial charge in [-0.3, -0.25) is 14.5 Å². The second-order valence-electron chi connectivity index (χ2n) is 5.14. The topological polar surface area (TPSA) is 69.6 Å². The maximum Gasteiger partial charge on any atom is 0.306 e. The van der Waals surface area contributed by atoms with Crippen molar-refractivity contribution < 1.29 is 19.1 Å². The quantitative estimate of drug-likeness (QED) is 0.855. The number of rotatable bonds is 5. The predicted molar refractivity (Wildman–Crippen MR) is 71.8 cm³/mol. The third kappa shape index (κ3) is 3.54. The fourth-order valence-electron chi connectivity index (χ4n) is 2.23. The van der Waals surface area contributed by atoms with Gasteiger partial charge in [-0.2, -0.15) is 0 Å². The van der Waals surface area contributed by atoms with Crippen LogP contribution in [0, 0.1) is 17.7 Å². The summed E-state index contributed by atoms with van der Waals surface area (Å²) in [4.78, 5) is 24.4. The lowest BCUT2D eigenvalue weighted by Gasteiger charge is -2.40. The Morgan fingerprint density at radius 2 is 2.20 bits per heavy atom. The number of nitrogens with one attached hydrogen (secondary N) is 1. The Kier molecular flexibility index (Phi) is 4.34. The maximum absolute atomic E-state index is 13.0. The second-order valence-corrected chi connectivity index (χ2v) is 5.14. The minimum absolute atomic E-state index is 0.0921. The van der Waals surface area contributed by atoms with Gasteiger partial charge in [0.15, 0.2) is 0 Å². The predicted octanol–water partition coefficient (Wildman–Crippen LogP) is 1.42. The minimum atomic E-state index is -0.807. The zero-order chi connectivity index (χ0) is 14.7. The second kappa shape index (κ2) is 6.00. The zero-order valence-electron chi connectivity index (χ0n) is 11.2. The first-order valence-electron chi connectivity index (χ1n) is 6.46. The minimum Gasteiger partial charge on any atom is -0.481 e. The van der Waals surface area contributed by atoms with E-state index in [1.165, 1.54) is 18.2 Å². The van der Waals surface area contributed by atoms with Crippen LogP contribution >= 0.6 is 0 Å². The van der Waals surface area contributed by atoms with Crippen molar-refractivity contribution in [1.82, 2.24) is 4.90 Å². The van der Waals surface area contributed by atoms with Gasteiger partial charge in [0.1, 0.15) is 5.82 Å². The van der Waals surface area contributed by atoms with Gasteiger partial charge >= 0.3 is 5.97 Å². The number of halogens is 1. The molecule has 1 heterocycles. The van der Waals surface area contributed by atoms with Crippen LogP contribution in [0.3, 0.4) is 0 Å². The van der Waals surface area contributed by atoms with E-state index in [1.54, 1.807) is 13.0 Å². The lowest BCUT2D eigenvalue weighted by Crippen LogP contribution is -2.53. The number of carboxylic acid groups (broad SMARTS) is 1. The molecule has 1 aliphatic heterocycles. The van der Waals surface area contributed by atoms with Gasteiger partial charge in [0.25, 0.3) is 0 Å². The first kappa shape index (κ1) is 14.5. The lowest BCUT2D eigenvalue weighted by molar-refractivity contribution is -0.145. The highest BCUT2D eigenvalue weighted by Gasteiger charge is 2.35. The number of carboxylic acids is 1. The Labute approximate surface area is 116 Å². The van der Waals surface area contributed by atoms with Crippen LogP contribution < -0.4 is 5.32 Å². The molecule has 108 valence electrons. The first-order chi connectivity index (χ1) is 9.45. The molecule has 1 aromatic rings. The van der Waals surface area contributed by atoms with Crippen LogP contribution in [0.2, 0.25) is 0 Å². The van der Waals surface area contributed by atoms with Crippen molar-refractivity contribution in [3.63, 3.8) is 0 Å². The van der Waals surface area contributed by atoms with Crippen molar-refractivity contribution in [3.05, 3.63) is 30.1 Å². The molecule has 1 amide bonds. The third-order valence-corrected chi connectivity index (χ3v) is 3.56. The van der Waals surface area contributed by atoms with Crippen molar-refractivity contribution in [2.75, 3.05) is 25.0 Å². The number of aliphatic carboxylic acids is 1. The molecule has 1 aliphatic rings. The third-order valence-electron chi connectivity index (χ3n) is 3.56. The van der Waals surface area contributed by atoms with E-state index in [-0.39, 0.29) is 18.4 Å². The summed E-state index contributed by atoms with van der Waals surface area (Å²) >= 11 is 0. The van der Waals surface area contributed by atoms with E-state index < -0.39 is 17.7 Å². The Hall–Kier alpha value is -1.95. The maximum atomic E-state index is 13.0. The van der Waals surface area contributed by atoms with Crippen molar-refractivity contribution in [2.45, 2.75) is 6.92 Å². The van der Waals surface area contributed by atoms with Crippen LogP contribution in [-0.4, -0.2) is 41.5 Å². The summed E-state index contributed by atoms with van der Waals surface area (Å²) in [6.07, 6.45) is 0. The molecule has 5 nitrogen and oxygen atoms in total. The number of anilines is 1. The van der Waals surface area contributed by atoms with Crippen LogP contribution in [0.25, 0.3) is 0 Å². The molecule has 0 aromatic heterocycles. The number of hydrogen-bond donors (Lipinski definition) is 2. The van der Waals surface area contributed by atoms with Gasteiger partial charge in [-0.05, 0) is 24.1 Å². The van der Waals surface area contributed by atoms with Gasteiger partial charge in [-0.25, -0.2) is 4.39 Å². The number of hydrogen-bond acceptors (Lipinski definition) is 3. The molecular formula is C14H17FN2O3. The van der Waals surface area contributed by atoms with E-state index in [4.69, 9.17) is 5.11 Å². The Morgan fingerprint density at radius 3 is 2.80 bits per heavy atom. The average molecular weight is 280 g/mol. The molecule has 1 unspecified atom stereocenters. The summed E-state index contributed by atoms with van der Waals surface area (Å²) in [6, 6.07) is 5.71. The molecule has 1 saturated heterocycles. The molecule has 1 aromatic carbocycles. The van der Waals surface area contributed by atoms with Gasteiger partial charge in [-0.1, -0.05) is 13.0 Å². The van der Waals surface area contributed by atoms with E-state index in [2.05, 4.69) is 5.32 Å².